The number of carbonyl (C=O) groups is 1. The summed E-state index contributed by atoms with van der Waals surface area (Å²) in [5.41, 5.74) is 0. The predicted octanol–water partition coefficient (Wildman–Crippen LogP) is 2.50. The van der Waals surface area contributed by atoms with Gasteiger partial charge in [-0.1, -0.05) is 19.9 Å². The Morgan fingerprint density at radius 1 is 1.57 bits per heavy atom. The Morgan fingerprint density at radius 2 is 2.21 bits per heavy atom. The number of likely N-dealkylation sites (N-methyl/N-ethyl adjacent to an activating group) is 1. The van der Waals surface area contributed by atoms with Crippen LogP contribution in [-0.2, 0) is 4.79 Å². The first-order valence-corrected chi connectivity index (χ1v) is 5.44. The highest BCUT2D eigenvalue weighted by Gasteiger charge is 2.09. The van der Waals surface area contributed by atoms with Crippen molar-refractivity contribution in [2.45, 2.75) is 33.1 Å². The van der Waals surface area contributed by atoms with Gasteiger partial charge in [0.1, 0.15) is 5.78 Å². The fourth-order valence-corrected chi connectivity index (χ4v) is 1.49. The summed E-state index contributed by atoms with van der Waals surface area (Å²) in [6, 6.07) is 0. The second-order valence-electron chi connectivity index (χ2n) is 3.91. The van der Waals surface area contributed by atoms with Gasteiger partial charge < -0.3 is 4.90 Å². The largest absolute Gasteiger partial charge is 0.303 e. The molecule has 0 unspecified atom stereocenters. The molecular weight excluding hydrogens is 174 g/mol. The van der Waals surface area contributed by atoms with E-state index < -0.39 is 0 Å². The molecule has 0 fully saturated rings. The summed E-state index contributed by atoms with van der Waals surface area (Å²) in [7, 11) is 2.08. The van der Waals surface area contributed by atoms with Gasteiger partial charge in [-0.2, -0.15) is 0 Å². The minimum Gasteiger partial charge on any atom is -0.303 e. The highest BCUT2D eigenvalue weighted by atomic mass is 16.1. The van der Waals surface area contributed by atoms with Crippen molar-refractivity contribution in [3.8, 4) is 0 Å². The Kier molecular flexibility index (Phi) is 7.40. The van der Waals surface area contributed by atoms with E-state index in [0.717, 1.165) is 25.9 Å². The van der Waals surface area contributed by atoms with E-state index >= 15 is 0 Å². The zero-order valence-corrected chi connectivity index (χ0v) is 9.75. The van der Waals surface area contributed by atoms with Crippen LogP contribution in [-0.4, -0.2) is 30.8 Å². The molecule has 0 amide bonds. The molecule has 14 heavy (non-hydrogen) atoms. The van der Waals surface area contributed by atoms with E-state index in [1.807, 2.05) is 19.9 Å². The summed E-state index contributed by atoms with van der Waals surface area (Å²) in [6.07, 6.45) is 4.68. The van der Waals surface area contributed by atoms with Gasteiger partial charge in [-0.3, -0.25) is 4.79 Å². The topological polar surface area (TPSA) is 20.3 Å². The van der Waals surface area contributed by atoms with Gasteiger partial charge >= 0.3 is 0 Å². The van der Waals surface area contributed by atoms with E-state index in [9.17, 15) is 4.79 Å². The minimum atomic E-state index is 0.233. The lowest BCUT2D eigenvalue weighted by Crippen LogP contribution is -2.20. The first-order valence-electron chi connectivity index (χ1n) is 5.44. The molecule has 0 heterocycles. The number of rotatable bonds is 8. The van der Waals surface area contributed by atoms with Crippen molar-refractivity contribution in [3.05, 3.63) is 12.7 Å². The summed E-state index contributed by atoms with van der Waals surface area (Å²) >= 11 is 0. The normalized spacial score (nSPS) is 12.9. The first kappa shape index (κ1) is 13.4. The highest BCUT2D eigenvalue weighted by molar-refractivity contribution is 5.80. The molecule has 82 valence electrons. The second kappa shape index (κ2) is 7.74. The third-order valence-corrected chi connectivity index (χ3v) is 2.52. The molecule has 0 spiro atoms. The van der Waals surface area contributed by atoms with Crippen LogP contribution < -0.4 is 0 Å². The average molecular weight is 197 g/mol. The van der Waals surface area contributed by atoms with Crippen molar-refractivity contribution in [1.29, 1.82) is 0 Å². The number of nitrogens with zero attached hydrogens (tertiary/aromatic N) is 1. The van der Waals surface area contributed by atoms with Crippen molar-refractivity contribution in [3.63, 3.8) is 0 Å². The van der Waals surface area contributed by atoms with E-state index in [-0.39, 0.29) is 5.92 Å². The smallest absolute Gasteiger partial charge is 0.135 e. The molecular formula is C12H23NO. The van der Waals surface area contributed by atoms with Gasteiger partial charge in [0.2, 0.25) is 0 Å². The first-order chi connectivity index (χ1) is 6.61. The summed E-state index contributed by atoms with van der Waals surface area (Å²) in [5, 5.41) is 0. The van der Waals surface area contributed by atoms with Crippen molar-refractivity contribution in [2.75, 3.05) is 20.1 Å². The molecule has 2 nitrogen and oxygen atoms in total. The minimum absolute atomic E-state index is 0.233. The molecule has 0 N–H and O–H groups in total. The van der Waals surface area contributed by atoms with Gasteiger partial charge in [-0.25, -0.2) is 0 Å². The molecule has 0 aromatic heterocycles. The monoisotopic (exact) mass is 197 g/mol. The molecule has 1 atom stereocenters. The molecule has 0 saturated carbocycles. The standard InChI is InChI=1S/C12H23NO/c1-5-9-13(4)10-7-8-11(3)12(14)6-2/h5,11H,1,6-10H2,2-4H3/t11-/m0/s1. The van der Waals surface area contributed by atoms with Gasteiger partial charge in [-0.05, 0) is 26.4 Å². The molecule has 0 rings (SSSR count). The van der Waals surface area contributed by atoms with Gasteiger partial charge in [0.25, 0.3) is 0 Å². The number of Topliss-reactive ketones (excluding diaryl/α,β-unsaturated/α-hetero) is 1. The van der Waals surface area contributed by atoms with Crippen molar-refractivity contribution in [1.82, 2.24) is 4.90 Å². The number of hydrogen-bond acceptors (Lipinski definition) is 2. The lowest BCUT2D eigenvalue weighted by molar-refractivity contribution is -0.122. The molecule has 2 heteroatoms. The van der Waals surface area contributed by atoms with Gasteiger partial charge in [0.05, 0.1) is 0 Å². The lowest BCUT2D eigenvalue weighted by atomic mass is 9.99. The molecule has 0 aliphatic heterocycles. The van der Waals surface area contributed by atoms with Crippen LogP contribution in [0.1, 0.15) is 33.1 Å². The van der Waals surface area contributed by atoms with Crippen LogP contribution in [0.2, 0.25) is 0 Å². The Balaban J connectivity index is 3.53. The maximum absolute atomic E-state index is 11.3. The van der Waals surface area contributed by atoms with Gasteiger partial charge in [0.15, 0.2) is 0 Å². The number of carbonyl (C=O) groups excluding carboxylic acids is 1. The van der Waals surface area contributed by atoms with Crippen LogP contribution in [0.25, 0.3) is 0 Å². The van der Waals surface area contributed by atoms with Crippen LogP contribution in [0.3, 0.4) is 0 Å². The predicted molar refractivity (Wildman–Crippen MR) is 61.4 cm³/mol. The van der Waals surface area contributed by atoms with Crippen molar-refractivity contribution < 1.29 is 4.79 Å². The second-order valence-corrected chi connectivity index (χ2v) is 3.91. The zero-order valence-electron chi connectivity index (χ0n) is 9.75. The summed E-state index contributed by atoms with van der Waals surface area (Å²) < 4.78 is 0. The Hall–Kier alpha value is -0.630. The maximum Gasteiger partial charge on any atom is 0.135 e. The van der Waals surface area contributed by atoms with Gasteiger partial charge in [-0.15, -0.1) is 6.58 Å². The fourth-order valence-electron chi connectivity index (χ4n) is 1.49. The molecule has 0 radical (unpaired) electrons. The van der Waals surface area contributed by atoms with Crippen LogP contribution in [0.4, 0.5) is 0 Å². The molecule has 0 aliphatic carbocycles. The van der Waals surface area contributed by atoms with E-state index in [0.29, 0.717) is 12.2 Å². The van der Waals surface area contributed by atoms with Gasteiger partial charge in [0, 0.05) is 18.9 Å². The SMILES string of the molecule is C=CCN(C)CCC[C@H](C)C(=O)CC. The van der Waals surface area contributed by atoms with Crippen LogP contribution >= 0.6 is 0 Å². The molecule has 0 aliphatic rings. The Morgan fingerprint density at radius 3 is 2.71 bits per heavy atom. The Bertz CT molecular complexity index is 177. The lowest BCUT2D eigenvalue weighted by Gasteiger charge is -2.15. The van der Waals surface area contributed by atoms with Crippen LogP contribution in [0.15, 0.2) is 12.7 Å². The van der Waals surface area contributed by atoms with Crippen LogP contribution in [0, 0.1) is 5.92 Å². The quantitative estimate of drug-likeness (QED) is 0.557. The van der Waals surface area contributed by atoms with E-state index in [1.54, 1.807) is 0 Å². The summed E-state index contributed by atoms with van der Waals surface area (Å²) in [5.74, 6) is 0.619. The number of ketones is 1. The van der Waals surface area contributed by atoms with E-state index in [2.05, 4.69) is 18.5 Å². The maximum atomic E-state index is 11.3. The van der Waals surface area contributed by atoms with E-state index in [4.69, 9.17) is 0 Å². The number of hydrogen-bond donors (Lipinski definition) is 0. The third kappa shape index (κ3) is 5.92. The fraction of sp³-hybridized carbons (Fsp3) is 0.750. The molecule has 0 saturated heterocycles. The van der Waals surface area contributed by atoms with Crippen molar-refractivity contribution >= 4 is 5.78 Å². The molecule has 0 aromatic carbocycles. The Labute approximate surface area is 88.0 Å². The third-order valence-electron chi connectivity index (χ3n) is 2.52. The molecule has 0 aromatic rings. The molecule has 0 bridgehead atoms. The zero-order chi connectivity index (χ0) is 11.0. The van der Waals surface area contributed by atoms with Crippen LogP contribution in [0.5, 0.6) is 0 Å². The summed E-state index contributed by atoms with van der Waals surface area (Å²) in [6.45, 7) is 9.63. The van der Waals surface area contributed by atoms with E-state index in [1.165, 1.54) is 0 Å². The average Bonchev–Trinajstić information content (AvgIpc) is 2.16. The highest BCUT2D eigenvalue weighted by Crippen LogP contribution is 2.09. The summed E-state index contributed by atoms with van der Waals surface area (Å²) in [4.78, 5) is 13.5. The van der Waals surface area contributed by atoms with Crippen molar-refractivity contribution in [2.24, 2.45) is 5.92 Å².